The molecule has 1 aliphatic carbocycles. The fourth-order valence-electron chi connectivity index (χ4n) is 3.18. The van der Waals surface area contributed by atoms with Crippen LogP contribution in [0.1, 0.15) is 53.4 Å². The molecule has 1 spiro atoms. The summed E-state index contributed by atoms with van der Waals surface area (Å²) in [5, 5.41) is 7.22. The van der Waals surface area contributed by atoms with Gasteiger partial charge in [-0.15, -0.1) is 0 Å². The zero-order valence-corrected chi connectivity index (χ0v) is 18.0. The second kappa shape index (κ2) is 9.19. The van der Waals surface area contributed by atoms with Crippen LogP contribution in [0.3, 0.4) is 0 Å². The highest BCUT2D eigenvalue weighted by Crippen LogP contribution is 2.66. The van der Waals surface area contributed by atoms with Gasteiger partial charge in [0, 0.05) is 12.1 Å². The van der Waals surface area contributed by atoms with Crippen molar-refractivity contribution in [3.63, 3.8) is 0 Å². The summed E-state index contributed by atoms with van der Waals surface area (Å²) in [6.45, 7) is 8.07. The third-order valence-corrected chi connectivity index (χ3v) is 10.3. The van der Waals surface area contributed by atoms with E-state index >= 15 is 0 Å². The second-order valence-corrected chi connectivity index (χ2v) is 11.3. The van der Waals surface area contributed by atoms with Crippen LogP contribution in [-0.4, -0.2) is 45.6 Å². The summed E-state index contributed by atoms with van der Waals surface area (Å²) in [6.07, 6.45) is -2.62. The van der Waals surface area contributed by atoms with Crippen LogP contribution in [0.25, 0.3) is 0 Å². The van der Waals surface area contributed by atoms with Crippen molar-refractivity contribution in [2.45, 2.75) is 87.7 Å². The summed E-state index contributed by atoms with van der Waals surface area (Å²) in [7, 11) is 0.545. The molecule has 10 heteroatoms. The van der Waals surface area contributed by atoms with Gasteiger partial charge in [0.2, 0.25) is 0 Å². The molecular weight excluding hydrogens is 404 g/mol. The fourth-order valence-corrected chi connectivity index (χ4v) is 9.10. The Balaban J connectivity index is 2.24. The number of rotatable bonds is 8. The van der Waals surface area contributed by atoms with Crippen molar-refractivity contribution in [3.05, 3.63) is 0 Å². The molecule has 0 N–H and O–H groups in total. The quantitative estimate of drug-likeness (QED) is 0.272. The standard InChI is InChI=1S/C16H26F3N2O2PS2/c1-11(2)21(12(3)4)24(22-10-6-9-20)23-13-14(16(17,18)19)25-26-15(13)7-5-8-15/h11-14H,5-8,10H2,1-4H3. The maximum atomic E-state index is 13.6. The van der Waals surface area contributed by atoms with Gasteiger partial charge in [-0.05, 0) is 40.5 Å². The number of nitriles is 1. The third kappa shape index (κ3) is 5.01. The number of hydrogen-bond donors (Lipinski definition) is 0. The van der Waals surface area contributed by atoms with Gasteiger partial charge < -0.3 is 9.05 Å². The molecule has 2 aliphatic rings. The predicted octanol–water partition coefficient (Wildman–Crippen LogP) is 5.90. The van der Waals surface area contributed by atoms with Gasteiger partial charge in [-0.1, -0.05) is 28.0 Å². The molecule has 0 bridgehead atoms. The molecule has 2 rings (SSSR count). The molecule has 0 radical (unpaired) electrons. The highest BCUT2D eigenvalue weighted by Gasteiger charge is 2.63. The lowest BCUT2D eigenvalue weighted by molar-refractivity contribution is -0.149. The summed E-state index contributed by atoms with van der Waals surface area (Å²) in [4.78, 5) is 0. The van der Waals surface area contributed by atoms with Crippen LogP contribution in [0, 0.1) is 11.3 Å². The second-order valence-electron chi connectivity index (χ2n) is 7.13. The van der Waals surface area contributed by atoms with Gasteiger partial charge in [0.1, 0.15) is 11.4 Å². The fraction of sp³-hybridized carbons (Fsp3) is 0.938. The van der Waals surface area contributed by atoms with E-state index in [1.165, 1.54) is 10.8 Å². The summed E-state index contributed by atoms with van der Waals surface area (Å²) in [6, 6.07) is 2.13. The Labute approximate surface area is 162 Å². The summed E-state index contributed by atoms with van der Waals surface area (Å²) >= 11 is 0. The summed E-state index contributed by atoms with van der Waals surface area (Å²) in [5.41, 5.74) is 0. The first-order chi connectivity index (χ1) is 12.1. The van der Waals surface area contributed by atoms with Gasteiger partial charge in [0.15, 0.2) is 0 Å². The Hall–Kier alpha value is 0.290. The van der Waals surface area contributed by atoms with Crippen molar-refractivity contribution in [2.75, 3.05) is 6.61 Å². The molecule has 0 amide bonds. The van der Waals surface area contributed by atoms with Gasteiger partial charge in [-0.3, -0.25) is 0 Å². The van der Waals surface area contributed by atoms with Gasteiger partial charge in [-0.25, -0.2) is 4.67 Å². The first-order valence-electron chi connectivity index (χ1n) is 8.78. The zero-order valence-electron chi connectivity index (χ0n) is 15.5. The Morgan fingerprint density at radius 2 is 1.88 bits per heavy atom. The van der Waals surface area contributed by atoms with E-state index in [0.29, 0.717) is 0 Å². The minimum absolute atomic E-state index is 0.0617. The highest BCUT2D eigenvalue weighted by atomic mass is 33.1. The van der Waals surface area contributed by atoms with E-state index in [4.69, 9.17) is 14.3 Å². The monoisotopic (exact) mass is 430 g/mol. The van der Waals surface area contributed by atoms with Crippen molar-refractivity contribution < 1.29 is 22.2 Å². The number of nitrogens with zero attached hydrogens (tertiary/aromatic N) is 2. The number of hydrogen-bond acceptors (Lipinski definition) is 6. The molecule has 1 saturated carbocycles. The van der Waals surface area contributed by atoms with Crippen molar-refractivity contribution in [3.8, 4) is 6.07 Å². The van der Waals surface area contributed by atoms with Crippen molar-refractivity contribution in [1.29, 1.82) is 5.26 Å². The van der Waals surface area contributed by atoms with Crippen LogP contribution in [0.4, 0.5) is 13.2 Å². The zero-order chi connectivity index (χ0) is 19.5. The average Bonchev–Trinajstić information content (AvgIpc) is 2.86. The van der Waals surface area contributed by atoms with Crippen molar-refractivity contribution in [1.82, 2.24) is 4.67 Å². The highest BCUT2D eigenvalue weighted by molar-refractivity contribution is 8.78. The first kappa shape index (κ1) is 22.6. The third-order valence-electron chi connectivity index (χ3n) is 4.50. The molecule has 0 aromatic heterocycles. The Kier molecular flexibility index (Phi) is 7.98. The molecule has 0 aromatic carbocycles. The Morgan fingerprint density at radius 3 is 2.31 bits per heavy atom. The minimum atomic E-state index is -4.31. The van der Waals surface area contributed by atoms with E-state index in [9.17, 15) is 13.2 Å². The number of alkyl halides is 3. The maximum absolute atomic E-state index is 13.6. The lowest BCUT2D eigenvalue weighted by Gasteiger charge is -2.45. The average molecular weight is 430 g/mol. The molecule has 4 nitrogen and oxygen atoms in total. The van der Waals surface area contributed by atoms with Crippen molar-refractivity contribution >= 4 is 30.1 Å². The molecule has 0 aromatic rings. The van der Waals surface area contributed by atoms with E-state index in [-0.39, 0.29) is 25.1 Å². The number of halogens is 3. The van der Waals surface area contributed by atoms with Crippen LogP contribution in [0.5, 0.6) is 0 Å². The predicted molar refractivity (Wildman–Crippen MR) is 102 cm³/mol. The smallest absolute Gasteiger partial charge is 0.321 e. The summed E-state index contributed by atoms with van der Waals surface area (Å²) < 4.78 is 54.2. The molecule has 26 heavy (non-hydrogen) atoms. The van der Waals surface area contributed by atoms with E-state index in [0.717, 1.165) is 30.1 Å². The Morgan fingerprint density at radius 1 is 1.27 bits per heavy atom. The molecule has 150 valence electrons. The maximum Gasteiger partial charge on any atom is 0.403 e. The van der Waals surface area contributed by atoms with E-state index in [2.05, 4.69) is 0 Å². The van der Waals surface area contributed by atoms with Gasteiger partial charge in [0.05, 0.1) is 23.8 Å². The normalized spacial score (nSPS) is 26.5. The summed E-state index contributed by atoms with van der Waals surface area (Å²) in [5.74, 6) is 0. The molecule has 3 atom stereocenters. The van der Waals surface area contributed by atoms with E-state index in [1.54, 1.807) is 0 Å². The van der Waals surface area contributed by atoms with Crippen LogP contribution in [-0.2, 0) is 9.05 Å². The van der Waals surface area contributed by atoms with E-state index < -0.39 is 30.8 Å². The lowest BCUT2D eigenvalue weighted by atomic mass is 9.78. The SMILES string of the molecule is CC(C)N(C(C)C)P(OCCC#N)OC1C(C(F)(F)F)SSC12CCC2. The molecule has 3 unspecified atom stereocenters. The van der Waals surface area contributed by atoms with Crippen LogP contribution >= 0.6 is 30.1 Å². The lowest BCUT2D eigenvalue weighted by Crippen LogP contribution is -2.51. The molecule has 1 saturated heterocycles. The van der Waals surface area contributed by atoms with Crippen LogP contribution in [0.2, 0.25) is 0 Å². The Bertz CT molecular complexity index is 505. The first-order valence-corrected chi connectivity index (χ1v) is 12.1. The topological polar surface area (TPSA) is 45.5 Å². The van der Waals surface area contributed by atoms with Crippen LogP contribution < -0.4 is 0 Å². The van der Waals surface area contributed by atoms with Crippen molar-refractivity contribution in [2.24, 2.45) is 0 Å². The molecule has 1 aliphatic heterocycles. The van der Waals surface area contributed by atoms with Gasteiger partial charge in [-0.2, -0.15) is 18.4 Å². The molecular formula is C16H26F3N2O2PS2. The largest absolute Gasteiger partial charge is 0.403 e. The molecule has 2 fully saturated rings. The molecule has 1 heterocycles. The minimum Gasteiger partial charge on any atom is -0.321 e. The van der Waals surface area contributed by atoms with Gasteiger partial charge in [0.25, 0.3) is 8.53 Å². The van der Waals surface area contributed by atoms with E-state index in [1.807, 2.05) is 38.4 Å². The van der Waals surface area contributed by atoms with Crippen LogP contribution in [0.15, 0.2) is 0 Å². The van der Waals surface area contributed by atoms with Gasteiger partial charge >= 0.3 is 6.18 Å².